The molecule has 1 aliphatic rings. The fraction of sp³-hybridized carbons (Fsp3) is 0.185. The zero-order chi connectivity index (χ0) is 22.7. The predicted molar refractivity (Wildman–Crippen MR) is 133 cm³/mol. The minimum Gasteiger partial charge on any atom is -0.339 e. The zero-order valence-electron chi connectivity index (χ0n) is 18.1. The number of allylic oxidation sites excluding steroid dienone is 1. The molecule has 3 aromatic carbocycles. The van der Waals surface area contributed by atoms with Gasteiger partial charge < -0.3 is 10.2 Å². The summed E-state index contributed by atoms with van der Waals surface area (Å²) >= 11 is 3.63. The van der Waals surface area contributed by atoms with E-state index < -0.39 is 6.04 Å². The smallest absolute Gasteiger partial charge is 0.254 e. The van der Waals surface area contributed by atoms with Crippen molar-refractivity contribution in [3.63, 3.8) is 0 Å². The number of nitrogens with one attached hydrogen (secondary N) is 1. The first-order valence-electron chi connectivity index (χ1n) is 10.6. The highest BCUT2D eigenvalue weighted by Crippen LogP contribution is 2.37. The van der Waals surface area contributed by atoms with Gasteiger partial charge in [-0.15, -0.1) is 0 Å². The van der Waals surface area contributed by atoms with Gasteiger partial charge in [0.25, 0.3) is 5.91 Å². The summed E-state index contributed by atoms with van der Waals surface area (Å²) in [4.78, 5) is 28.3. The number of nitrogens with zero attached hydrogens (tertiary/aromatic N) is 1. The quantitative estimate of drug-likeness (QED) is 0.461. The molecule has 4 nitrogen and oxygen atoms in total. The van der Waals surface area contributed by atoms with Gasteiger partial charge in [0.05, 0.1) is 5.57 Å². The lowest BCUT2D eigenvalue weighted by atomic mass is 9.91. The Morgan fingerprint density at radius 2 is 1.62 bits per heavy atom. The third kappa shape index (κ3) is 4.26. The lowest BCUT2D eigenvalue weighted by Crippen LogP contribution is -2.38. The van der Waals surface area contributed by atoms with Crippen LogP contribution in [0, 0.1) is 6.92 Å². The summed E-state index contributed by atoms with van der Waals surface area (Å²) in [7, 11) is 0. The van der Waals surface area contributed by atoms with Gasteiger partial charge in [-0.2, -0.15) is 0 Å². The molecule has 0 fully saturated rings. The highest BCUT2D eigenvalue weighted by molar-refractivity contribution is 9.09. The number of para-hydroxylation sites is 1. The molecule has 32 heavy (non-hydrogen) atoms. The largest absolute Gasteiger partial charge is 0.339 e. The standard InChI is InChI=1S/C27H25BrN2O2/c1-18-10-6-9-15-23(18)30-17-21-13-7-8-14-22(21)25(24(30)16-28)27(32)29-26(19(2)31)20-11-4-3-5-12-20/h3-15,26H,16-17H2,1-2H3,(H,29,32)/t26-/m1/s1. The maximum absolute atomic E-state index is 13.7. The van der Waals surface area contributed by atoms with Crippen LogP contribution in [0.25, 0.3) is 5.57 Å². The van der Waals surface area contributed by atoms with E-state index in [4.69, 9.17) is 0 Å². The average molecular weight is 489 g/mol. The molecule has 0 radical (unpaired) electrons. The molecule has 0 aliphatic carbocycles. The van der Waals surface area contributed by atoms with Gasteiger partial charge in [0.15, 0.2) is 5.78 Å². The van der Waals surface area contributed by atoms with Crippen molar-refractivity contribution in [1.82, 2.24) is 5.32 Å². The van der Waals surface area contributed by atoms with Gasteiger partial charge in [-0.1, -0.05) is 88.7 Å². The fourth-order valence-electron chi connectivity index (χ4n) is 4.22. The summed E-state index contributed by atoms with van der Waals surface area (Å²) < 4.78 is 0. The molecule has 1 N–H and O–H groups in total. The molecule has 3 aromatic rings. The molecule has 0 bridgehead atoms. The van der Waals surface area contributed by atoms with E-state index in [1.807, 2.05) is 60.7 Å². The number of halogens is 1. The Labute approximate surface area is 197 Å². The lowest BCUT2D eigenvalue weighted by molar-refractivity contribution is -0.124. The summed E-state index contributed by atoms with van der Waals surface area (Å²) in [5.74, 6) is -0.361. The van der Waals surface area contributed by atoms with Gasteiger partial charge in [0, 0.05) is 23.3 Å². The molecule has 1 heterocycles. The van der Waals surface area contributed by atoms with E-state index in [2.05, 4.69) is 51.3 Å². The van der Waals surface area contributed by atoms with Gasteiger partial charge in [0.2, 0.25) is 0 Å². The maximum Gasteiger partial charge on any atom is 0.254 e. The number of benzene rings is 3. The van der Waals surface area contributed by atoms with E-state index >= 15 is 0 Å². The van der Waals surface area contributed by atoms with Crippen LogP contribution >= 0.6 is 15.9 Å². The molecule has 1 amide bonds. The Morgan fingerprint density at radius 3 is 2.31 bits per heavy atom. The zero-order valence-corrected chi connectivity index (χ0v) is 19.7. The summed E-state index contributed by atoms with van der Waals surface area (Å²) in [6.45, 7) is 4.25. The lowest BCUT2D eigenvalue weighted by Gasteiger charge is -2.35. The van der Waals surface area contributed by atoms with Gasteiger partial charge in [-0.05, 0) is 42.2 Å². The number of fused-ring (bicyclic) bond motifs is 1. The molecule has 0 spiro atoms. The number of Topliss-reactive ketones (excluding diaryl/α,β-unsaturated/α-hetero) is 1. The Bertz CT molecular complexity index is 1190. The minimum absolute atomic E-state index is 0.106. The normalized spacial score (nSPS) is 14.0. The van der Waals surface area contributed by atoms with E-state index in [-0.39, 0.29) is 11.7 Å². The van der Waals surface area contributed by atoms with Crippen molar-refractivity contribution in [3.05, 3.63) is 107 Å². The van der Waals surface area contributed by atoms with Gasteiger partial charge >= 0.3 is 0 Å². The van der Waals surface area contributed by atoms with E-state index in [1.54, 1.807) is 0 Å². The number of aryl methyl sites for hydroxylation is 1. The number of alkyl halides is 1. The van der Waals surface area contributed by atoms with Crippen LogP contribution in [0.1, 0.15) is 35.2 Å². The molecule has 0 saturated heterocycles. The summed E-state index contributed by atoms with van der Waals surface area (Å²) in [5.41, 5.74) is 6.42. The Balaban J connectivity index is 1.81. The molecule has 0 saturated carbocycles. The second kappa shape index (κ2) is 9.53. The van der Waals surface area contributed by atoms with Crippen LogP contribution in [0.15, 0.2) is 84.6 Å². The molecule has 5 heteroatoms. The monoisotopic (exact) mass is 488 g/mol. The number of carbonyl (C=O) groups excluding carboxylic acids is 2. The average Bonchev–Trinajstić information content (AvgIpc) is 2.81. The van der Waals surface area contributed by atoms with Crippen molar-refractivity contribution in [3.8, 4) is 0 Å². The summed E-state index contributed by atoms with van der Waals surface area (Å²) in [5, 5.41) is 3.51. The van der Waals surface area contributed by atoms with Crippen LogP contribution in [-0.4, -0.2) is 17.0 Å². The number of ketones is 1. The van der Waals surface area contributed by atoms with Crippen LogP contribution in [0.5, 0.6) is 0 Å². The van der Waals surface area contributed by atoms with Crippen molar-refractivity contribution in [2.45, 2.75) is 26.4 Å². The molecule has 0 aromatic heterocycles. The number of amides is 1. The molecular formula is C27H25BrN2O2. The minimum atomic E-state index is -0.700. The molecule has 1 atom stereocenters. The predicted octanol–water partition coefficient (Wildman–Crippen LogP) is 5.57. The number of rotatable bonds is 6. The fourth-order valence-corrected chi connectivity index (χ4v) is 4.80. The number of carbonyl (C=O) groups is 2. The van der Waals surface area contributed by atoms with Crippen molar-refractivity contribution < 1.29 is 9.59 Å². The van der Waals surface area contributed by atoms with E-state index in [1.165, 1.54) is 6.92 Å². The second-order valence-corrected chi connectivity index (χ2v) is 8.47. The topological polar surface area (TPSA) is 49.4 Å². The van der Waals surface area contributed by atoms with Gasteiger partial charge in [-0.25, -0.2) is 0 Å². The van der Waals surface area contributed by atoms with Crippen molar-refractivity contribution in [2.24, 2.45) is 0 Å². The van der Waals surface area contributed by atoms with Crippen LogP contribution in [0.4, 0.5) is 5.69 Å². The van der Waals surface area contributed by atoms with E-state index in [9.17, 15) is 9.59 Å². The van der Waals surface area contributed by atoms with Crippen molar-refractivity contribution in [1.29, 1.82) is 0 Å². The molecule has 1 aliphatic heterocycles. The highest BCUT2D eigenvalue weighted by atomic mass is 79.9. The van der Waals surface area contributed by atoms with E-state index in [0.29, 0.717) is 17.4 Å². The Hall–Kier alpha value is -3.18. The van der Waals surface area contributed by atoms with E-state index in [0.717, 1.165) is 33.6 Å². The van der Waals surface area contributed by atoms with Gasteiger partial charge in [-0.3, -0.25) is 9.59 Å². The second-order valence-electron chi connectivity index (χ2n) is 7.91. The Kier molecular flexibility index (Phi) is 6.56. The SMILES string of the molecule is CC(=O)[C@@H](NC(=O)C1=C(CBr)N(c2ccccc2C)Cc2ccccc21)c1ccccc1. The first kappa shape index (κ1) is 22.0. The van der Waals surface area contributed by atoms with Crippen LogP contribution in [0.3, 0.4) is 0 Å². The van der Waals surface area contributed by atoms with Crippen LogP contribution in [-0.2, 0) is 16.1 Å². The molecular weight excluding hydrogens is 464 g/mol. The molecule has 162 valence electrons. The van der Waals surface area contributed by atoms with Gasteiger partial charge in [0.1, 0.15) is 6.04 Å². The summed E-state index contributed by atoms with van der Waals surface area (Å²) in [6.07, 6.45) is 0. The van der Waals surface area contributed by atoms with Crippen LogP contribution < -0.4 is 10.2 Å². The first-order chi connectivity index (χ1) is 15.5. The highest BCUT2D eigenvalue weighted by Gasteiger charge is 2.31. The number of hydrogen-bond donors (Lipinski definition) is 1. The molecule has 0 unspecified atom stereocenters. The third-order valence-electron chi connectivity index (χ3n) is 5.80. The van der Waals surface area contributed by atoms with Crippen molar-refractivity contribution >= 4 is 38.9 Å². The summed E-state index contributed by atoms with van der Waals surface area (Å²) in [6, 6.07) is 24.8. The third-order valence-corrected chi connectivity index (χ3v) is 6.34. The Morgan fingerprint density at radius 1 is 0.969 bits per heavy atom. The molecule has 4 rings (SSSR count). The number of hydrogen-bond acceptors (Lipinski definition) is 3. The number of anilines is 1. The van der Waals surface area contributed by atoms with Crippen LogP contribution in [0.2, 0.25) is 0 Å². The maximum atomic E-state index is 13.7. The first-order valence-corrected chi connectivity index (χ1v) is 11.7. The van der Waals surface area contributed by atoms with Crippen molar-refractivity contribution in [2.75, 3.05) is 10.2 Å².